The summed E-state index contributed by atoms with van der Waals surface area (Å²) in [6, 6.07) is 6.52. The molecule has 0 saturated carbocycles. The van der Waals surface area contributed by atoms with Crippen molar-refractivity contribution in [3.63, 3.8) is 0 Å². The molecular formula is C20H16F3N3O4. The van der Waals surface area contributed by atoms with Crippen LogP contribution in [0.2, 0.25) is 0 Å². The Labute approximate surface area is 168 Å². The van der Waals surface area contributed by atoms with Crippen LogP contribution < -0.4 is 10.6 Å². The lowest BCUT2D eigenvalue weighted by Gasteiger charge is -2.21. The van der Waals surface area contributed by atoms with E-state index in [1.807, 2.05) is 0 Å². The van der Waals surface area contributed by atoms with Crippen LogP contribution in [0.25, 0.3) is 0 Å². The van der Waals surface area contributed by atoms with Crippen LogP contribution in [0.1, 0.15) is 38.0 Å². The Hall–Kier alpha value is -3.69. The molecule has 0 spiro atoms. The Morgan fingerprint density at radius 3 is 2.07 bits per heavy atom. The van der Waals surface area contributed by atoms with Crippen molar-refractivity contribution in [1.82, 2.24) is 15.5 Å². The number of halogens is 3. The van der Waals surface area contributed by atoms with Crippen LogP contribution in [0, 0.1) is 17.5 Å². The third-order valence-electron chi connectivity index (χ3n) is 4.58. The number of amides is 4. The number of nitrogens with one attached hydrogen (secondary N) is 2. The zero-order valence-corrected chi connectivity index (χ0v) is 15.7. The summed E-state index contributed by atoms with van der Waals surface area (Å²) in [5.74, 6) is -7.59. The fourth-order valence-corrected chi connectivity index (χ4v) is 2.98. The van der Waals surface area contributed by atoms with Gasteiger partial charge in [0, 0.05) is 13.1 Å². The molecule has 0 saturated heterocycles. The van der Waals surface area contributed by atoms with Crippen LogP contribution in [-0.4, -0.2) is 47.7 Å². The Morgan fingerprint density at radius 2 is 1.47 bits per heavy atom. The Bertz CT molecular complexity index is 1020. The first kappa shape index (κ1) is 21.0. The molecule has 156 valence electrons. The average molecular weight is 419 g/mol. The second-order valence-corrected chi connectivity index (χ2v) is 6.47. The molecule has 30 heavy (non-hydrogen) atoms. The first-order valence-electron chi connectivity index (χ1n) is 8.90. The standard InChI is InChI=1S/C20H16F3N3O4/c1-10(26-19(29)11-4-2-3-5-12(11)20(26)30)17(27)24-8-9-25-18(28)13-6-7-14(21)16(23)15(13)22/h2-7,10H,8-9H2,1H3,(H,24,27)(H,25,28). The van der Waals surface area contributed by atoms with Gasteiger partial charge in [-0.3, -0.25) is 24.1 Å². The van der Waals surface area contributed by atoms with Gasteiger partial charge in [-0.1, -0.05) is 12.1 Å². The van der Waals surface area contributed by atoms with E-state index in [1.165, 1.54) is 19.1 Å². The molecule has 1 aliphatic rings. The number of carbonyl (C=O) groups excluding carboxylic acids is 4. The number of imide groups is 1. The highest BCUT2D eigenvalue weighted by molar-refractivity contribution is 6.22. The molecule has 0 aromatic heterocycles. The number of fused-ring (bicyclic) bond motifs is 1. The zero-order chi connectivity index (χ0) is 22.0. The minimum absolute atomic E-state index is 0.108. The highest BCUT2D eigenvalue weighted by Crippen LogP contribution is 2.24. The van der Waals surface area contributed by atoms with Gasteiger partial charge in [0.25, 0.3) is 17.7 Å². The molecule has 2 N–H and O–H groups in total. The van der Waals surface area contributed by atoms with Crippen molar-refractivity contribution in [3.8, 4) is 0 Å². The smallest absolute Gasteiger partial charge is 0.262 e. The lowest BCUT2D eigenvalue weighted by atomic mass is 10.1. The van der Waals surface area contributed by atoms with Crippen molar-refractivity contribution >= 4 is 23.6 Å². The van der Waals surface area contributed by atoms with E-state index in [4.69, 9.17) is 0 Å². The van der Waals surface area contributed by atoms with Gasteiger partial charge in [0.1, 0.15) is 6.04 Å². The van der Waals surface area contributed by atoms with E-state index in [9.17, 15) is 32.3 Å². The number of hydrogen-bond donors (Lipinski definition) is 2. The van der Waals surface area contributed by atoms with Crippen LogP contribution in [0.15, 0.2) is 36.4 Å². The first-order valence-corrected chi connectivity index (χ1v) is 8.90. The molecule has 1 aliphatic heterocycles. The van der Waals surface area contributed by atoms with E-state index in [0.717, 1.165) is 11.0 Å². The minimum atomic E-state index is -1.76. The van der Waals surface area contributed by atoms with Gasteiger partial charge in [-0.15, -0.1) is 0 Å². The fraction of sp³-hybridized carbons (Fsp3) is 0.200. The van der Waals surface area contributed by atoms with Crippen molar-refractivity contribution in [1.29, 1.82) is 0 Å². The summed E-state index contributed by atoms with van der Waals surface area (Å²) in [6.07, 6.45) is 0. The summed E-state index contributed by atoms with van der Waals surface area (Å²) < 4.78 is 39.7. The van der Waals surface area contributed by atoms with Gasteiger partial charge in [0.05, 0.1) is 16.7 Å². The van der Waals surface area contributed by atoms with E-state index >= 15 is 0 Å². The van der Waals surface area contributed by atoms with Gasteiger partial charge in [0.15, 0.2) is 17.5 Å². The van der Waals surface area contributed by atoms with Crippen LogP contribution >= 0.6 is 0 Å². The summed E-state index contributed by atoms with van der Waals surface area (Å²) >= 11 is 0. The fourth-order valence-electron chi connectivity index (χ4n) is 2.98. The number of hydrogen-bond acceptors (Lipinski definition) is 4. The average Bonchev–Trinajstić information content (AvgIpc) is 2.99. The van der Waals surface area contributed by atoms with Crippen LogP contribution in [0.4, 0.5) is 13.2 Å². The molecule has 1 heterocycles. The Morgan fingerprint density at radius 1 is 0.900 bits per heavy atom. The summed E-state index contributed by atoms with van der Waals surface area (Å²) in [5.41, 5.74) is -0.259. The van der Waals surface area contributed by atoms with E-state index < -0.39 is 52.7 Å². The predicted octanol–water partition coefficient (Wildman–Crippen LogP) is 1.63. The Kier molecular flexibility index (Phi) is 5.86. The van der Waals surface area contributed by atoms with Crippen molar-refractivity contribution in [2.45, 2.75) is 13.0 Å². The second-order valence-electron chi connectivity index (χ2n) is 6.47. The third-order valence-corrected chi connectivity index (χ3v) is 4.58. The molecule has 1 unspecified atom stereocenters. The molecule has 2 aromatic rings. The molecule has 1 atom stereocenters. The zero-order valence-electron chi connectivity index (χ0n) is 15.7. The van der Waals surface area contributed by atoms with Crippen molar-refractivity contribution < 1.29 is 32.3 Å². The van der Waals surface area contributed by atoms with Gasteiger partial charge in [-0.2, -0.15) is 0 Å². The molecule has 10 heteroatoms. The minimum Gasteiger partial charge on any atom is -0.353 e. The van der Waals surface area contributed by atoms with Gasteiger partial charge in [-0.25, -0.2) is 13.2 Å². The van der Waals surface area contributed by atoms with Gasteiger partial charge < -0.3 is 10.6 Å². The van der Waals surface area contributed by atoms with E-state index in [-0.39, 0.29) is 24.2 Å². The van der Waals surface area contributed by atoms with Crippen molar-refractivity contribution in [3.05, 3.63) is 70.5 Å². The maximum Gasteiger partial charge on any atom is 0.262 e. The lowest BCUT2D eigenvalue weighted by molar-refractivity contribution is -0.124. The van der Waals surface area contributed by atoms with Crippen molar-refractivity contribution in [2.75, 3.05) is 13.1 Å². The molecule has 0 aliphatic carbocycles. The molecule has 0 bridgehead atoms. The topological polar surface area (TPSA) is 95.6 Å². The number of carbonyl (C=O) groups is 4. The third kappa shape index (κ3) is 3.76. The van der Waals surface area contributed by atoms with Crippen molar-refractivity contribution in [2.24, 2.45) is 0 Å². The SMILES string of the molecule is CC(C(=O)NCCNC(=O)c1ccc(F)c(F)c1F)N1C(=O)c2ccccc2C1=O. The Balaban J connectivity index is 1.53. The normalized spacial score (nSPS) is 13.8. The van der Waals surface area contributed by atoms with Gasteiger partial charge >= 0.3 is 0 Å². The lowest BCUT2D eigenvalue weighted by Crippen LogP contribution is -2.49. The largest absolute Gasteiger partial charge is 0.353 e. The molecule has 0 radical (unpaired) electrons. The monoisotopic (exact) mass is 419 g/mol. The number of benzene rings is 2. The van der Waals surface area contributed by atoms with Crippen LogP contribution in [0.5, 0.6) is 0 Å². The van der Waals surface area contributed by atoms with Crippen LogP contribution in [-0.2, 0) is 4.79 Å². The number of nitrogens with zero attached hydrogens (tertiary/aromatic N) is 1. The molecule has 2 aromatic carbocycles. The van der Waals surface area contributed by atoms with Gasteiger partial charge in [-0.05, 0) is 31.2 Å². The molecule has 7 nitrogen and oxygen atoms in total. The molecule has 0 fully saturated rings. The summed E-state index contributed by atoms with van der Waals surface area (Å²) in [4.78, 5) is 49.8. The van der Waals surface area contributed by atoms with E-state index in [0.29, 0.717) is 6.07 Å². The summed E-state index contributed by atoms with van der Waals surface area (Å²) in [6.45, 7) is 1.12. The molecule has 3 rings (SSSR count). The highest BCUT2D eigenvalue weighted by atomic mass is 19.2. The maximum atomic E-state index is 13.6. The molecule has 4 amide bonds. The summed E-state index contributed by atoms with van der Waals surface area (Å²) in [7, 11) is 0. The van der Waals surface area contributed by atoms with E-state index in [1.54, 1.807) is 12.1 Å². The highest BCUT2D eigenvalue weighted by Gasteiger charge is 2.40. The first-order chi connectivity index (χ1) is 14.2. The van der Waals surface area contributed by atoms with Gasteiger partial charge in [0.2, 0.25) is 5.91 Å². The van der Waals surface area contributed by atoms with E-state index in [2.05, 4.69) is 10.6 Å². The second kappa shape index (κ2) is 8.36. The summed E-state index contributed by atoms with van der Waals surface area (Å²) in [5, 5.41) is 4.69. The van der Waals surface area contributed by atoms with Crippen LogP contribution in [0.3, 0.4) is 0 Å². The molecular weight excluding hydrogens is 403 g/mol. The quantitative estimate of drug-likeness (QED) is 0.423. The maximum absolute atomic E-state index is 13.6. The number of rotatable bonds is 6. The predicted molar refractivity (Wildman–Crippen MR) is 98.1 cm³/mol.